The fourth-order valence-corrected chi connectivity index (χ4v) is 3.50. The molecule has 1 aliphatic carbocycles. The standard InChI is InChI=1S/C16H31NO/c1-3-4-5-6-7-9-12-16(15(17)18)13-10-8-11-14(16)2/h14H,3-13H2,1-2H3,(H2,17,18). The van der Waals surface area contributed by atoms with E-state index in [2.05, 4.69) is 13.8 Å². The van der Waals surface area contributed by atoms with Crippen LogP contribution in [0, 0.1) is 11.3 Å². The lowest BCUT2D eigenvalue weighted by molar-refractivity contribution is -0.133. The van der Waals surface area contributed by atoms with Crippen LogP contribution in [0.3, 0.4) is 0 Å². The lowest BCUT2D eigenvalue weighted by Gasteiger charge is -2.40. The summed E-state index contributed by atoms with van der Waals surface area (Å²) in [5, 5.41) is 0. The number of carbonyl (C=O) groups is 1. The van der Waals surface area contributed by atoms with Gasteiger partial charge in [-0.3, -0.25) is 4.79 Å². The second-order valence-corrected chi connectivity index (χ2v) is 6.18. The fraction of sp³-hybridized carbons (Fsp3) is 0.938. The molecule has 0 bridgehead atoms. The minimum atomic E-state index is -0.178. The molecule has 0 aromatic carbocycles. The maximum Gasteiger partial charge on any atom is 0.223 e. The van der Waals surface area contributed by atoms with Gasteiger partial charge in [0.2, 0.25) is 5.91 Å². The first-order valence-corrected chi connectivity index (χ1v) is 7.93. The summed E-state index contributed by atoms with van der Waals surface area (Å²) < 4.78 is 0. The van der Waals surface area contributed by atoms with E-state index in [0.717, 1.165) is 12.8 Å². The highest BCUT2D eigenvalue weighted by molar-refractivity contribution is 5.81. The van der Waals surface area contributed by atoms with E-state index in [9.17, 15) is 4.79 Å². The predicted octanol–water partition coefficient (Wildman–Crippen LogP) is 4.42. The number of nitrogens with two attached hydrogens (primary N) is 1. The number of hydrogen-bond donors (Lipinski definition) is 1. The molecule has 2 atom stereocenters. The van der Waals surface area contributed by atoms with E-state index in [1.807, 2.05) is 0 Å². The third-order valence-corrected chi connectivity index (χ3v) is 4.92. The number of rotatable bonds is 8. The van der Waals surface area contributed by atoms with Crippen LogP contribution in [0.2, 0.25) is 0 Å². The molecule has 106 valence electrons. The lowest BCUT2D eigenvalue weighted by atomic mass is 9.64. The van der Waals surface area contributed by atoms with Gasteiger partial charge in [-0.2, -0.15) is 0 Å². The van der Waals surface area contributed by atoms with Crippen molar-refractivity contribution in [2.75, 3.05) is 0 Å². The summed E-state index contributed by atoms with van der Waals surface area (Å²) in [6.07, 6.45) is 13.4. The van der Waals surface area contributed by atoms with Gasteiger partial charge in [0.15, 0.2) is 0 Å². The Morgan fingerprint density at radius 2 is 1.83 bits per heavy atom. The first-order chi connectivity index (χ1) is 8.63. The van der Waals surface area contributed by atoms with Crippen LogP contribution in [0.4, 0.5) is 0 Å². The fourth-order valence-electron chi connectivity index (χ4n) is 3.50. The smallest absolute Gasteiger partial charge is 0.223 e. The van der Waals surface area contributed by atoms with Crippen LogP contribution < -0.4 is 5.73 Å². The second-order valence-electron chi connectivity index (χ2n) is 6.18. The molecule has 1 rings (SSSR count). The molecule has 0 saturated heterocycles. The summed E-state index contributed by atoms with van der Waals surface area (Å²) in [7, 11) is 0. The highest BCUT2D eigenvalue weighted by Crippen LogP contribution is 2.44. The monoisotopic (exact) mass is 253 g/mol. The van der Waals surface area contributed by atoms with Gasteiger partial charge in [-0.15, -0.1) is 0 Å². The number of primary amides is 1. The van der Waals surface area contributed by atoms with E-state index < -0.39 is 0 Å². The number of unbranched alkanes of at least 4 members (excludes halogenated alkanes) is 5. The Bertz CT molecular complexity index is 251. The number of amides is 1. The van der Waals surface area contributed by atoms with Gasteiger partial charge in [0.05, 0.1) is 5.41 Å². The molecule has 0 spiro atoms. The van der Waals surface area contributed by atoms with Crippen molar-refractivity contribution in [2.45, 2.75) is 84.5 Å². The quantitative estimate of drug-likeness (QED) is 0.639. The molecule has 18 heavy (non-hydrogen) atoms. The molecule has 1 aliphatic rings. The summed E-state index contributed by atoms with van der Waals surface area (Å²) in [5.74, 6) is 0.447. The minimum Gasteiger partial charge on any atom is -0.369 e. The van der Waals surface area contributed by atoms with Gasteiger partial charge in [-0.25, -0.2) is 0 Å². The molecule has 1 saturated carbocycles. The number of carbonyl (C=O) groups excluding carboxylic acids is 1. The average Bonchev–Trinajstić information content (AvgIpc) is 2.35. The molecule has 2 N–H and O–H groups in total. The molecule has 2 unspecified atom stereocenters. The first kappa shape index (κ1) is 15.5. The first-order valence-electron chi connectivity index (χ1n) is 7.93. The topological polar surface area (TPSA) is 43.1 Å². The van der Waals surface area contributed by atoms with Crippen molar-refractivity contribution in [1.29, 1.82) is 0 Å². The van der Waals surface area contributed by atoms with E-state index in [1.54, 1.807) is 0 Å². The molecule has 1 fully saturated rings. The Hall–Kier alpha value is -0.530. The summed E-state index contributed by atoms with van der Waals surface area (Å²) >= 11 is 0. The highest BCUT2D eigenvalue weighted by Gasteiger charge is 2.42. The molecule has 2 nitrogen and oxygen atoms in total. The van der Waals surface area contributed by atoms with Crippen molar-refractivity contribution in [3.05, 3.63) is 0 Å². The van der Waals surface area contributed by atoms with Crippen LogP contribution >= 0.6 is 0 Å². The largest absolute Gasteiger partial charge is 0.369 e. The average molecular weight is 253 g/mol. The zero-order chi connectivity index (χ0) is 13.4. The van der Waals surface area contributed by atoms with E-state index in [-0.39, 0.29) is 11.3 Å². The molecule has 2 heteroatoms. The Morgan fingerprint density at radius 3 is 2.44 bits per heavy atom. The van der Waals surface area contributed by atoms with Crippen molar-refractivity contribution in [1.82, 2.24) is 0 Å². The van der Waals surface area contributed by atoms with Gasteiger partial charge < -0.3 is 5.73 Å². The molecule has 0 aromatic rings. The van der Waals surface area contributed by atoms with Crippen LogP contribution in [0.25, 0.3) is 0 Å². The summed E-state index contributed by atoms with van der Waals surface area (Å²) in [6.45, 7) is 4.47. The summed E-state index contributed by atoms with van der Waals surface area (Å²) in [4.78, 5) is 11.9. The van der Waals surface area contributed by atoms with Gasteiger partial charge in [-0.05, 0) is 25.2 Å². The van der Waals surface area contributed by atoms with E-state index in [1.165, 1.54) is 57.8 Å². The summed E-state index contributed by atoms with van der Waals surface area (Å²) in [6, 6.07) is 0. The lowest BCUT2D eigenvalue weighted by Crippen LogP contribution is -2.44. The Labute approximate surface area is 113 Å². The third-order valence-electron chi connectivity index (χ3n) is 4.92. The minimum absolute atomic E-state index is 0.0386. The van der Waals surface area contributed by atoms with Crippen molar-refractivity contribution in [3.63, 3.8) is 0 Å². The summed E-state index contributed by atoms with van der Waals surface area (Å²) in [5.41, 5.74) is 5.54. The Kier molecular flexibility index (Phi) is 6.73. The van der Waals surface area contributed by atoms with E-state index >= 15 is 0 Å². The van der Waals surface area contributed by atoms with Crippen molar-refractivity contribution in [2.24, 2.45) is 17.1 Å². The normalized spacial score (nSPS) is 28.2. The van der Waals surface area contributed by atoms with Gasteiger partial charge in [0.25, 0.3) is 0 Å². The molecule has 1 amide bonds. The predicted molar refractivity (Wildman–Crippen MR) is 77.3 cm³/mol. The number of hydrogen-bond acceptors (Lipinski definition) is 1. The molecule has 0 aliphatic heterocycles. The van der Waals surface area contributed by atoms with Crippen LogP contribution in [-0.4, -0.2) is 5.91 Å². The molecule has 0 radical (unpaired) electrons. The SMILES string of the molecule is CCCCCCCCC1(C(N)=O)CCCCC1C. The van der Waals surface area contributed by atoms with Crippen molar-refractivity contribution < 1.29 is 4.79 Å². The maximum absolute atomic E-state index is 11.9. The molecular formula is C16H31NO. The Balaban J connectivity index is 2.36. The zero-order valence-electron chi connectivity index (χ0n) is 12.3. The van der Waals surface area contributed by atoms with Crippen LogP contribution in [0.1, 0.15) is 84.5 Å². The van der Waals surface area contributed by atoms with E-state index in [4.69, 9.17) is 5.73 Å². The zero-order valence-corrected chi connectivity index (χ0v) is 12.3. The molecular weight excluding hydrogens is 222 g/mol. The van der Waals surface area contributed by atoms with E-state index in [0.29, 0.717) is 5.92 Å². The third kappa shape index (κ3) is 4.00. The van der Waals surface area contributed by atoms with Crippen molar-refractivity contribution in [3.8, 4) is 0 Å². The molecule has 0 heterocycles. The van der Waals surface area contributed by atoms with Gasteiger partial charge in [0, 0.05) is 0 Å². The van der Waals surface area contributed by atoms with Crippen LogP contribution in [0.15, 0.2) is 0 Å². The molecule has 0 aromatic heterocycles. The van der Waals surface area contributed by atoms with Gasteiger partial charge >= 0.3 is 0 Å². The van der Waals surface area contributed by atoms with Gasteiger partial charge in [0.1, 0.15) is 0 Å². The van der Waals surface area contributed by atoms with Gasteiger partial charge in [-0.1, -0.05) is 65.2 Å². The highest BCUT2D eigenvalue weighted by atomic mass is 16.1. The van der Waals surface area contributed by atoms with Crippen molar-refractivity contribution >= 4 is 5.91 Å². The maximum atomic E-state index is 11.9. The van der Waals surface area contributed by atoms with Crippen LogP contribution in [0.5, 0.6) is 0 Å². The second kappa shape index (κ2) is 7.81. The van der Waals surface area contributed by atoms with Crippen LogP contribution in [-0.2, 0) is 4.79 Å². The Morgan fingerprint density at radius 1 is 1.17 bits per heavy atom.